The smallest absolute Gasteiger partial charge is 0.225 e. The van der Waals surface area contributed by atoms with Crippen LogP contribution < -0.4 is 10.6 Å². The average molecular weight is 508 g/mol. The van der Waals surface area contributed by atoms with Gasteiger partial charge in [0.25, 0.3) is 0 Å². The van der Waals surface area contributed by atoms with Crippen LogP contribution in [0.15, 0.2) is 4.99 Å². The number of piperidine rings is 1. The molecule has 1 saturated carbocycles. The highest BCUT2D eigenvalue weighted by Crippen LogP contribution is 2.51. The molecule has 7 heteroatoms. The van der Waals surface area contributed by atoms with E-state index in [0.29, 0.717) is 18.0 Å². The van der Waals surface area contributed by atoms with Crippen molar-refractivity contribution < 1.29 is 9.53 Å². The van der Waals surface area contributed by atoms with Crippen LogP contribution in [0.25, 0.3) is 0 Å². The van der Waals surface area contributed by atoms with Gasteiger partial charge in [-0.3, -0.25) is 9.79 Å². The van der Waals surface area contributed by atoms with E-state index in [4.69, 9.17) is 4.74 Å². The number of likely N-dealkylation sites (tertiary alicyclic amines) is 1. The van der Waals surface area contributed by atoms with Gasteiger partial charge in [0, 0.05) is 50.7 Å². The van der Waals surface area contributed by atoms with Gasteiger partial charge in [0.2, 0.25) is 5.91 Å². The Morgan fingerprint density at radius 3 is 2.18 bits per heavy atom. The van der Waals surface area contributed by atoms with Crippen molar-refractivity contribution in [3.05, 3.63) is 0 Å². The van der Waals surface area contributed by atoms with Crippen LogP contribution in [0.5, 0.6) is 0 Å². The van der Waals surface area contributed by atoms with E-state index < -0.39 is 0 Å². The third kappa shape index (κ3) is 5.12. The molecule has 2 aliphatic rings. The lowest BCUT2D eigenvalue weighted by molar-refractivity contribution is -0.176. The highest BCUT2D eigenvalue weighted by molar-refractivity contribution is 14.0. The fourth-order valence-electron chi connectivity index (χ4n) is 4.39. The Labute approximate surface area is 188 Å². The second kappa shape index (κ2) is 10.5. The Hall–Kier alpha value is -0.570. The molecule has 1 heterocycles. The zero-order chi connectivity index (χ0) is 20.2. The molecular formula is C21H41IN4O2. The van der Waals surface area contributed by atoms with Gasteiger partial charge in [-0.2, -0.15) is 0 Å². The number of hydrogen-bond acceptors (Lipinski definition) is 3. The zero-order valence-corrected chi connectivity index (χ0v) is 21.1. The van der Waals surface area contributed by atoms with Crippen LogP contribution in [-0.2, 0) is 9.53 Å². The number of halogens is 1. The van der Waals surface area contributed by atoms with Crippen molar-refractivity contribution in [2.45, 2.75) is 84.4 Å². The summed E-state index contributed by atoms with van der Waals surface area (Å²) < 4.78 is 5.72. The van der Waals surface area contributed by atoms with Crippen LogP contribution in [0, 0.1) is 11.3 Å². The van der Waals surface area contributed by atoms with E-state index in [-0.39, 0.29) is 40.9 Å². The summed E-state index contributed by atoms with van der Waals surface area (Å²) in [5.74, 6) is 1.37. The highest BCUT2D eigenvalue weighted by atomic mass is 127. The van der Waals surface area contributed by atoms with Crippen molar-refractivity contribution in [3.63, 3.8) is 0 Å². The largest absolute Gasteiger partial charge is 0.378 e. The summed E-state index contributed by atoms with van der Waals surface area (Å²) in [6.45, 7) is 12.5. The molecule has 0 radical (unpaired) electrons. The number of nitrogens with one attached hydrogen (secondary N) is 2. The molecule has 1 aliphatic carbocycles. The first-order valence-corrected chi connectivity index (χ1v) is 10.6. The number of guanidine groups is 1. The summed E-state index contributed by atoms with van der Waals surface area (Å²) in [6.07, 6.45) is 4.77. The number of aliphatic imine (C=N–C) groups is 1. The van der Waals surface area contributed by atoms with Crippen LogP contribution in [0.2, 0.25) is 0 Å². The van der Waals surface area contributed by atoms with Gasteiger partial charge < -0.3 is 20.3 Å². The van der Waals surface area contributed by atoms with Gasteiger partial charge in [-0.1, -0.05) is 27.7 Å². The summed E-state index contributed by atoms with van der Waals surface area (Å²) in [5, 5.41) is 7.14. The predicted octanol–water partition coefficient (Wildman–Crippen LogP) is 3.40. The van der Waals surface area contributed by atoms with E-state index in [9.17, 15) is 4.79 Å². The Kier molecular flexibility index (Phi) is 9.51. The van der Waals surface area contributed by atoms with Crippen molar-refractivity contribution in [1.82, 2.24) is 15.5 Å². The van der Waals surface area contributed by atoms with Crippen LogP contribution in [0.1, 0.15) is 66.7 Å². The second-order valence-electron chi connectivity index (χ2n) is 8.89. The lowest BCUT2D eigenvalue weighted by atomic mass is 9.56. The number of ether oxygens (including phenoxy) is 1. The third-order valence-electron chi connectivity index (χ3n) is 7.30. The molecular weight excluding hydrogens is 467 g/mol. The van der Waals surface area contributed by atoms with Gasteiger partial charge in [-0.05, 0) is 39.0 Å². The number of amides is 1. The summed E-state index contributed by atoms with van der Waals surface area (Å²) in [4.78, 5) is 19.0. The molecule has 0 bridgehead atoms. The minimum atomic E-state index is -0.0929. The van der Waals surface area contributed by atoms with Gasteiger partial charge in [0.1, 0.15) is 0 Å². The molecule has 0 aromatic heterocycles. The summed E-state index contributed by atoms with van der Waals surface area (Å²) >= 11 is 0. The quantitative estimate of drug-likeness (QED) is 0.328. The first-order chi connectivity index (χ1) is 12.7. The molecule has 2 atom stereocenters. The number of methoxy groups -OCH3 is 1. The predicted molar refractivity (Wildman–Crippen MR) is 126 cm³/mol. The zero-order valence-electron chi connectivity index (χ0n) is 18.8. The van der Waals surface area contributed by atoms with E-state index >= 15 is 0 Å². The van der Waals surface area contributed by atoms with E-state index in [1.54, 1.807) is 7.11 Å². The summed E-state index contributed by atoms with van der Waals surface area (Å²) in [6, 6.07) is 0.698. The second-order valence-corrected chi connectivity index (χ2v) is 8.89. The third-order valence-corrected chi connectivity index (χ3v) is 7.30. The molecule has 28 heavy (non-hydrogen) atoms. The number of rotatable bonds is 6. The van der Waals surface area contributed by atoms with Crippen LogP contribution in [0.3, 0.4) is 0 Å². The van der Waals surface area contributed by atoms with Crippen LogP contribution >= 0.6 is 24.0 Å². The molecule has 1 aliphatic heterocycles. The Morgan fingerprint density at radius 1 is 1.18 bits per heavy atom. The Balaban J connectivity index is 0.00000392. The fourth-order valence-corrected chi connectivity index (χ4v) is 4.39. The maximum absolute atomic E-state index is 12.6. The SMILES string of the molecule is CCC(CC)C(=O)N1CCC(NC(=NC)NC2CC(C)(OC)C2(C)C)CC1.I. The highest BCUT2D eigenvalue weighted by Gasteiger charge is 2.58. The standard InChI is InChI=1S/C21H40N4O2.HI/c1-8-15(9-2)18(26)25-12-10-16(11-13-25)23-19(22-6)24-17-14-21(5,27-7)20(17,3)4;/h15-17H,8-14H2,1-7H3,(H2,22,23,24);1H. The van der Waals surface area contributed by atoms with Crippen molar-refractivity contribution >= 4 is 35.8 Å². The number of carbonyl (C=O) groups is 1. The summed E-state index contributed by atoms with van der Waals surface area (Å²) in [5.41, 5.74) is -0.0468. The average Bonchev–Trinajstić information content (AvgIpc) is 2.67. The molecule has 2 unspecified atom stereocenters. The van der Waals surface area contributed by atoms with Crippen molar-refractivity contribution in [1.29, 1.82) is 0 Å². The first kappa shape index (κ1) is 25.5. The van der Waals surface area contributed by atoms with E-state index in [1.807, 2.05) is 11.9 Å². The molecule has 164 valence electrons. The minimum absolute atomic E-state index is 0. The number of hydrogen-bond donors (Lipinski definition) is 2. The Morgan fingerprint density at radius 2 is 1.75 bits per heavy atom. The maximum Gasteiger partial charge on any atom is 0.225 e. The van der Waals surface area contributed by atoms with Gasteiger partial charge in [0.05, 0.1) is 5.60 Å². The maximum atomic E-state index is 12.6. The normalized spacial score (nSPS) is 27.8. The van der Waals surface area contributed by atoms with Crippen molar-refractivity contribution in [3.8, 4) is 0 Å². The van der Waals surface area contributed by atoms with Crippen LogP contribution in [0.4, 0.5) is 0 Å². The molecule has 2 N–H and O–H groups in total. The van der Waals surface area contributed by atoms with Gasteiger partial charge in [-0.15, -0.1) is 24.0 Å². The van der Waals surface area contributed by atoms with Gasteiger partial charge in [0.15, 0.2) is 5.96 Å². The van der Waals surface area contributed by atoms with Crippen molar-refractivity contribution in [2.75, 3.05) is 27.2 Å². The fraction of sp³-hybridized carbons (Fsp3) is 0.905. The number of carbonyl (C=O) groups excluding carboxylic acids is 1. The van der Waals surface area contributed by atoms with E-state index in [2.05, 4.69) is 50.2 Å². The molecule has 6 nitrogen and oxygen atoms in total. The monoisotopic (exact) mass is 508 g/mol. The van der Waals surface area contributed by atoms with Gasteiger partial charge >= 0.3 is 0 Å². The molecule has 1 amide bonds. The Bertz CT molecular complexity index is 543. The first-order valence-electron chi connectivity index (χ1n) is 10.6. The molecule has 2 rings (SSSR count). The molecule has 0 aromatic carbocycles. The minimum Gasteiger partial charge on any atom is -0.378 e. The van der Waals surface area contributed by atoms with Gasteiger partial charge in [-0.25, -0.2) is 0 Å². The summed E-state index contributed by atoms with van der Waals surface area (Å²) in [7, 11) is 3.62. The molecule has 1 saturated heterocycles. The van der Waals surface area contributed by atoms with Crippen LogP contribution in [-0.4, -0.2) is 61.7 Å². The van der Waals surface area contributed by atoms with Crippen molar-refractivity contribution in [2.24, 2.45) is 16.3 Å². The van der Waals surface area contributed by atoms with E-state index in [0.717, 1.165) is 51.2 Å². The molecule has 0 aromatic rings. The lowest BCUT2D eigenvalue weighted by Gasteiger charge is -2.59. The number of nitrogens with zero attached hydrogens (tertiary/aromatic N) is 2. The molecule has 0 spiro atoms. The lowest BCUT2D eigenvalue weighted by Crippen LogP contribution is -2.69. The molecule has 2 fully saturated rings. The topological polar surface area (TPSA) is 66.0 Å². The van der Waals surface area contributed by atoms with E-state index in [1.165, 1.54) is 0 Å².